The number of rotatable bonds is 6. The van der Waals surface area contributed by atoms with E-state index in [0.717, 1.165) is 10.0 Å². The highest BCUT2D eigenvalue weighted by Crippen LogP contribution is 2.19. The van der Waals surface area contributed by atoms with Gasteiger partial charge in [0.2, 0.25) is 5.91 Å². The summed E-state index contributed by atoms with van der Waals surface area (Å²) in [5.74, 6) is -0.0385. The lowest BCUT2D eigenvalue weighted by atomic mass is 10.1. The van der Waals surface area contributed by atoms with E-state index in [-0.39, 0.29) is 5.91 Å². The van der Waals surface area contributed by atoms with E-state index >= 15 is 0 Å². The summed E-state index contributed by atoms with van der Waals surface area (Å²) < 4.78 is 6.13. The van der Waals surface area contributed by atoms with E-state index < -0.39 is 11.7 Å². The van der Waals surface area contributed by atoms with E-state index in [4.69, 9.17) is 4.74 Å². The molecule has 1 aromatic carbocycles. The number of amides is 2. The van der Waals surface area contributed by atoms with Crippen molar-refractivity contribution >= 4 is 27.9 Å². The highest BCUT2D eigenvalue weighted by atomic mass is 79.9. The molecule has 0 unspecified atom stereocenters. The van der Waals surface area contributed by atoms with Gasteiger partial charge in [-0.25, -0.2) is 4.79 Å². The van der Waals surface area contributed by atoms with Gasteiger partial charge >= 0.3 is 6.09 Å². The summed E-state index contributed by atoms with van der Waals surface area (Å²) in [6, 6.07) is 6.09. The number of aryl methyl sites for hydroxylation is 2. The van der Waals surface area contributed by atoms with Crippen LogP contribution in [0.25, 0.3) is 0 Å². The van der Waals surface area contributed by atoms with Gasteiger partial charge in [-0.15, -0.1) is 0 Å². The molecule has 0 bridgehead atoms. The molecule has 0 aromatic heterocycles. The summed E-state index contributed by atoms with van der Waals surface area (Å²) in [4.78, 5) is 23.2. The molecular formula is C17H25BrN2O3. The summed E-state index contributed by atoms with van der Waals surface area (Å²) >= 11 is 3.51. The third kappa shape index (κ3) is 8.59. The van der Waals surface area contributed by atoms with Gasteiger partial charge < -0.3 is 15.4 Å². The van der Waals surface area contributed by atoms with Crippen molar-refractivity contribution in [3.63, 3.8) is 0 Å². The number of alkyl carbamates (subject to hydrolysis) is 1. The minimum absolute atomic E-state index is 0.0385. The minimum atomic E-state index is -0.519. The van der Waals surface area contributed by atoms with Crippen LogP contribution in [0, 0.1) is 6.92 Å². The topological polar surface area (TPSA) is 67.4 Å². The van der Waals surface area contributed by atoms with Crippen molar-refractivity contribution in [3.05, 3.63) is 33.8 Å². The predicted molar refractivity (Wildman–Crippen MR) is 94.4 cm³/mol. The first-order valence-corrected chi connectivity index (χ1v) is 8.45. The average molecular weight is 385 g/mol. The molecule has 0 atom stereocenters. The summed E-state index contributed by atoms with van der Waals surface area (Å²) in [5, 5.41) is 5.38. The second-order valence-corrected chi connectivity index (χ2v) is 7.23. The maximum atomic E-state index is 11.8. The third-order valence-corrected chi connectivity index (χ3v) is 3.68. The quantitative estimate of drug-likeness (QED) is 0.739. The number of halogens is 1. The molecule has 0 aliphatic carbocycles. The molecule has 1 aromatic rings. The van der Waals surface area contributed by atoms with E-state index in [1.54, 1.807) is 20.8 Å². The molecule has 2 N–H and O–H groups in total. The van der Waals surface area contributed by atoms with Gasteiger partial charge in [0.05, 0.1) is 0 Å². The van der Waals surface area contributed by atoms with E-state index in [1.165, 1.54) is 5.56 Å². The van der Waals surface area contributed by atoms with Crippen LogP contribution in [0.5, 0.6) is 0 Å². The molecule has 1 rings (SSSR count). The van der Waals surface area contributed by atoms with Crippen molar-refractivity contribution in [1.29, 1.82) is 0 Å². The van der Waals surface area contributed by atoms with Gasteiger partial charge in [-0.2, -0.15) is 0 Å². The van der Waals surface area contributed by atoms with Crippen LogP contribution in [0.2, 0.25) is 0 Å². The Morgan fingerprint density at radius 1 is 1.17 bits per heavy atom. The Morgan fingerprint density at radius 3 is 2.43 bits per heavy atom. The Kier molecular flexibility index (Phi) is 7.55. The highest BCUT2D eigenvalue weighted by molar-refractivity contribution is 9.10. The smallest absolute Gasteiger partial charge is 0.407 e. The SMILES string of the molecule is Cc1ccc(CCC(=O)NCCNC(=O)OC(C)(C)C)c(Br)c1. The van der Waals surface area contributed by atoms with Crippen LogP contribution in [0.4, 0.5) is 4.79 Å². The molecule has 128 valence electrons. The first kappa shape index (κ1) is 19.5. The van der Waals surface area contributed by atoms with Crippen LogP contribution in [0.15, 0.2) is 22.7 Å². The third-order valence-electron chi connectivity index (χ3n) is 2.95. The Labute approximate surface area is 146 Å². The summed E-state index contributed by atoms with van der Waals surface area (Å²) in [7, 11) is 0. The van der Waals surface area contributed by atoms with E-state index in [0.29, 0.717) is 25.9 Å². The summed E-state index contributed by atoms with van der Waals surface area (Å²) in [6.07, 6.45) is 0.607. The van der Waals surface area contributed by atoms with Gasteiger partial charge in [0.1, 0.15) is 5.60 Å². The number of hydrogen-bond acceptors (Lipinski definition) is 3. The van der Waals surface area contributed by atoms with Crippen molar-refractivity contribution in [3.8, 4) is 0 Å². The highest BCUT2D eigenvalue weighted by Gasteiger charge is 2.15. The van der Waals surface area contributed by atoms with Crippen LogP contribution >= 0.6 is 15.9 Å². The first-order valence-electron chi connectivity index (χ1n) is 7.66. The standard InChI is InChI=1S/C17H25BrN2O3/c1-12-5-6-13(14(18)11-12)7-8-15(21)19-9-10-20-16(22)23-17(2,3)4/h5-6,11H,7-10H2,1-4H3,(H,19,21)(H,20,22). The number of carbonyl (C=O) groups excluding carboxylic acids is 2. The molecule has 0 saturated heterocycles. The van der Waals surface area contributed by atoms with E-state index in [2.05, 4.69) is 26.6 Å². The maximum absolute atomic E-state index is 11.8. The van der Waals surface area contributed by atoms with Crippen LogP contribution in [0.1, 0.15) is 38.3 Å². The summed E-state index contributed by atoms with van der Waals surface area (Å²) in [6.45, 7) is 8.16. The lowest BCUT2D eigenvalue weighted by Crippen LogP contribution is -2.37. The second-order valence-electron chi connectivity index (χ2n) is 6.37. The Morgan fingerprint density at radius 2 is 1.83 bits per heavy atom. The molecule has 0 radical (unpaired) electrons. The zero-order chi connectivity index (χ0) is 17.5. The maximum Gasteiger partial charge on any atom is 0.407 e. The first-order chi connectivity index (χ1) is 10.7. The van der Waals surface area contributed by atoms with Crippen LogP contribution in [-0.4, -0.2) is 30.7 Å². The predicted octanol–water partition coefficient (Wildman–Crippen LogP) is 3.33. The molecule has 0 fully saturated rings. The monoisotopic (exact) mass is 384 g/mol. The zero-order valence-corrected chi connectivity index (χ0v) is 15.7. The van der Waals surface area contributed by atoms with Crippen molar-refractivity contribution < 1.29 is 14.3 Å². The Hall–Kier alpha value is -1.56. The fraction of sp³-hybridized carbons (Fsp3) is 0.529. The van der Waals surface area contributed by atoms with E-state index in [9.17, 15) is 9.59 Å². The van der Waals surface area contributed by atoms with Crippen molar-refractivity contribution in [2.24, 2.45) is 0 Å². The normalized spacial score (nSPS) is 11.0. The van der Waals surface area contributed by atoms with Crippen molar-refractivity contribution in [2.45, 2.75) is 46.1 Å². The van der Waals surface area contributed by atoms with Crippen LogP contribution in [0.3, 0.4) is 0 Å². The molecule has 5 nitrogen and oxygen atoms in total. The van der Waals surface area contributed by atoms with Gasteiger partial charge in [-0.1, -0.05) is 28.1 Å². The largest absolute Gasteiger partial charge is 0.444 e. The van der Waals surface area contributed by atoms with Gasteiger partial charge in [-0.05, 0) is 51.3 Å². The lowest BCUT2D eigenvalue weighted by Gasteiger charge is -2.19. The molecule has 0 saturated carbocycles. The number of ether oxygens (including phenoxy) is 1. The average Bonchev–Trinajstić information content (AvgIpc) is 2.40. The lowest BCUT2D eigenvalue weighted by molar-refractivity contribution is -0.121. The fourth-order valence-electron chi connectivity index (χ4n) is 1.87. The molecule has 23 heavy (non-hydrogen) atoms. The zero-order valence-electron chi connectivity index (χ0n) is 14.2. The fourth-order valence-corrected chi connectivity index (χ4v) is 2.56. The molecule has 0 aliphatic heterocycles. The van der Waals surface area contributed by atoms with Gasteiger partial charge in [-0.3, -0.25) is 4.79 Å². The Bertz CT molecular complexity index is 553. The molecular weight excluding hydrogens is 360 g/mol. The minimum Gasteiger partial charge on any atom is -0.444 e. The second kappa shape index (κ2) is 8.91. The van der Waals surface area contributed by atoms with Gasteiger partial charge in [0.15, 0.2) is 0 Å². The number of hydrogen-bond donors (Lipinski definition) is 2. The molecule has 6 heteroatoms. The molecule has 2 amide bonds. The number of carbonyl (C=O) groups is 2. The molecule has 0 aliphatic rings. The van der Waals surface area contributed by atoms with Crippen LogP contribution in [-0.2, 0) is 16.0 Å². The van der Waals surface area contributed by atoms with E-state index in [1.807, 2.05) is 25.1 Å². The number of nitrogens with one attached hydrogen (secondary N) is 2. The van der Waals surface area contributed by atoms with Crippen molar-refractivity contribution in [2.75, 3.05) is 13.1 Å². The number of benzene rings is 1. The van der Waals surface area contributed by atoms with Gasteiger partial charge in [0, 0.05) is 24.0 Å². The summed E-state index contributed by atoms with van der Waals surface area (Å²) in [5.41, 5.74) is 1.77. The molecule has 0 heterocycles. The molecule has 0 spiro atoms. The Balaban J connectivity index is 2.21. The van der Waals surface area contributed by atoms with Gasteiger partial charge in [0.25, 0.3) is 0 Å². The van der Waals surface area contributed by atoms with Crippen molar-refractivity contribution in [1.82, 2.24) is 10.6 Å². The van der Waals surface area contributed by atoms with Crippen LogP contribution < -0.4 is 10.6 Å².